The predicted octanol–water partition coefficient (Wildman–Crippen LogP) is 5.18. The number of nitrogens with one attached hydrogen (secondary N) is 2. The highest BCUT2D eigenvalue weighted by Gasteiger charge is 2.13. The van der Waals surface area contributed by atoms with Crippen molar-refractivity contribution in [3.63, 3.8) is 0 Å². The summed E-state index contributed by atoms with van der Waals surface area (Å²) in [6.45, 7) is 0.408. The molecule has 0 aliphatic rings. The summed E-state index contributed by atoms with van der Waals surface area (Å²) >= 11 is 12.2. The molecule has 0 fully saturated rings. The number of anilines is 1. The standard InChI is InChI=1S/C21H16Cl2N2O2/c22-17-10-5-11-18(23)19(17)25-21(27)16-9-4-8-15(12-16)20(26)24-13-14-6-2-1-3-7-14/h1-12H,13H2,(H,24,26)(H,25,27). The fourth-order valence-corrected chi connectivity index (χ4v) is 2.98. The molecule has 6 heteroatoms. The van der Waals surface area contributed by atoms with Crippen LogP contribution in [0.1, 0.15) is 26.3 Å². The van der Waals surface area contributed by atoms with E-state index >= 15 is 0 Å². The number of amides is 2. The van der Waals surface area contributed by atoms with Gasteiger partial charge >= 0.3 is 0 Å². The van der Waals surface area contributed by atoms with Crippen molar-refractivity contribution in [1.82, 2.24) is 5.32 Å². The summed E-state index contributed by atoms with van der Waals surface area (Å²) in [5, 5.41) is 6.20. The molecule has 4 nitrogen and oxygen atoms in total. The predicted molar refractivity (Wildman–Crippen MR) is 108 cm³/mol. The van der Waals surface area contributed by atoms with Gasteiger partial charge in [-0.25, -0.2) is 0 Å². The molecule has 27 heavy (non-hydrogen) atoms. The summed E-state index contributed by atoms with van der Waals surface area (Å²) < 4.78 is 0. The lowest BCUT2D eigenvalue weighted by atomic mass is 10.1. The molecular formula is C21H16Cl2N2O2. The normalized spacial score (nSPS) is 10.3. The lowest BCUT2D eigenvalue weighted by Crippen LogP contribution is -2.23. The number of para-hydroxylation sites is 1. The van der Waals surface area contributed by atoms with Crippen LogP contribution in [0.15, 0.2) is 72.8 Å². The van der Waals surface area contributed by atoms with Crippen LogP contribution in [0.3, 0.4) is 0 Å². The van der Waals surface area contributed by atoms with Crippen molar-refractivity contribution in [2.45, 2.75) is 6.54 Å². The molecule has 3 aromatic carbocycles. The molecule has 0 saturated carbocycles. The largest absolute Gasteiger partial charge is 0.348 e. The molecule has 0 aliphatic heterocycles. The van der Waals surface area contributed by atoms with E-state index in [2.05, 4.69) is 10.6 Å². The van der Waals surface area contributed by atoms with Gasteiger partial charge in [-0.1, -0.05) is 65.7 Å². The third-order valence-corrected chi connectivity index (χ3v) is 4.51. The van der Waals surface area contributed by atoms with Crippen molar-refractivity contribution in [3.05, 3.63) is 99.5 Å². The molecule has 0 bridgehead atoms. The first-order chi connectivity index (χ1) is 13.0. The van der Waals surface area contributed by atoms with Crippen molar-refractivity contribution < 1.29 is 9.59 Å². The van der Waals surface area contributed by atoms with Crippen LogP contribution in [0.2, 0.25) is 10.0 Å². The Bertz CT molecular complexity index is 955. The number of carbonyl (C=O) groups excluding carboxylic acids is 2. The average Bonchev–Trinajstić information content (AvgIpc) is 2.70. The van der Waals surface area contributed by atoms with E-state index in [0.29, 0.717) is 33.4 Å². The van der Waals surface area contributed by atoms with Crippen molar-refractivity contribution in [2.75, 3.05) is 5.32 Å². The molecule has 2 N–H and O–H groups in total. The number of halogens is 2. The number of carbonyl (C=O) groups is 2. The highest BCUT2D eigenvalue weighted by molar-refractivity contribution is 6.40. The van der Waals surface area contributed by atoms with Crippen LogP contribution in [-0.4, -0.2) is 11.8 Å². The minimum Gasteiger partial charge on any atom is -0.348 e. The molecule has 3 rings (SSSR count). The topological polar surface area (TPSA) is 58.2 Å². The Kier molecular flexibility index (Phi) is 6.12. The van der Waals surface area contributed by atoms with Crippen LogP contribution >= 0.6 is 23.2 Å². The van der Waals surface area contributed by atoms with Crippen LogP contribution in [0.5, 0.6) is 0 Å². The fraction of sp³-hybridized carbons (Fsp3) is 0.0476. The van der Waals surface area contributed by atoms with Crippen LogP contribution < -0.4 is 10.6 Å². The van der Waals surface area contributed by atoms with Crippen LogP contribution in [0.25, 0.3) is 0 Å². The van der Waals surface area contributed by atoms with Crippen LogP contribution in [0, 0.1) is 0 Å². The minimum atomic E-state index is -0.400. The molecule has 3 aromatic rings. The number of hydrogen-bond acceptors (Lipinski definition) is 2. The van der Waals surface area contributed by atoms with Gasteiger partial charge in [0.05, 0.1) is 15.7 Å². The smallest absolute Gasteiger partial charge is 0.255 e. The summed E-state index contributed by atoms with van der Waals surface area (Å²) in [7, 11) is 0. The summed E-state index contributed by atoms with van der Waals surface area (Å²) in [4.78, 5) is 24.9. The highest BCUT2D eigenvalue weighted by Crippen LogP contribution is 2.30. The first-order valence-corrected chi connectivity index (χ1v) is 8.98. The Hall–Kier alpha value is -2.82. The van der Waals surface area contributed by atoms with E-state index in [1.54, 1.807) is 36.4 Å². The van der Waals surface area contributed by atoms with Gasteiger partial charge in [0.25, 0.3) is 11.8 Å². The lowest BCUT2D eigenvalue weighted by Gasteiger charge is -2.10. The van der Waals surface area contributed by atoms with E-state index in [0.717, 1.165) is 5.56 Å². The third kappa shape index (κ3) is 4.88. The van der Waals surface area contributed by atoms with Crippen LogP contribution in [-0.2, 0) is 6.54 Å². The molecule has 2 amide bonds. The SMILES string of the molecule is O=C(NCc1ccccc1)c1cccc(C(=O)Nc2c(Cl)cccc2Cl)c1. The Morgan fingerprint density at radius 2 is 1.33 bits per heavy atom. The van der Waals surface area contributed by atoms with E-state index in [1.807, 2.05) is 30.3 Å². The van der Waals surface area contributed by atoms with Crippen molar-refractivity contribution >= 4 is 40.7 Å². The second-order valence-electron chi connectivity index (χ2n) is 5.80. The maximum atomic E-state index is 12.5. The van der Waals surface area contributed by atoms with E-state index in [9.17, 15) is 9.59 Å². The molecule has 0 saturated heterocycles. The zero-order chi connectivity index (χ0) is 19.2. The molecule has 136 valence electrons. The van der Waals surface area contributed by atoms with Crippen LogP contribution in [0.4, 0.5) is 5.69 Å². The second-order valence-corrected chi connectivity index (χ2v) is 6.61. The van der Waals surface area contributed by atoms with Crippen molar-refractivity contribution in [2.24, 2.45) is 0 Å². The Balaban J connectivity index is 1.71. The number of rotatable bonds is 5. The average molecular weight is 399 g/mol. The van der Waals surface area contributed by atoms with E-state index in [-0.39, 0.29) is 5.91 Å². The van der Waals surface area contributed by atoms with Gasteiger partial charge in [-0.15, -0.1) is 0 Å². The van der Waals surface area contributed by atoms with E-state index < -0.39 is 5.91 Å². The second kappa shape index (κ2) is 8.71. The van der Waals surface area contributed by atoms with Gasteiger partial charge in [-0.3, -0.25) is 9.59 Å². The van der Waals surface area contributed by atoms with Gasteiger partial charge in [0.2, 0.25) is 0 Å². The third-order valence-electron chi connectivity index (χ3n) is 3.88. The Morgan fingerprint density at radius 3 is 2.00 bits per heavy atom. The molecule has 0 spiro atoms. The molecule has 0 aliphatic carbocycles. The van der Waals surface area contributed by atoms with Gasteiger partial charge < -0.3 is 10.6 Å². The molecule has 0 heterocycles. The maximum absolute atomic E-state index is 12.5. The van der Waals surface area contributed by atoms with E-state index in [1.165, 1.54) is 6.07 Å². The number of benzene rings is 3. The van der Waals surface area contributed by atoms with Gasteiger partial charge in [0.1, 0.15) is 0 Å². The molecule has 0 radical (unpaired) electrons. The van der Waals surface area contributed by atoms with Gasteiger partial charge in [0.15, 0.2) is 0 Å². The quantitative estimate of drug-likeness (QED) is 0.622. The summed E-state index contributed by atoms with van der Waals surface area (Å²) in [6.07, 6.45) is 0. The molecular weight excluding hydrogens is 383 g/mol. The summed E-state index contributed by atoms with van der Waals surface area (Å²) in [5.74, 6) is -0.660. The van der Waals surface area contributed by atoms with Crippen molar-refractivity contribution in [1.29, 1.82) is 0 Å². The molecule has 0 atom stereocenters. The van der Waals surface area contributed by atoms with Crippen molar-refractivity contribution in [3.8, 4) is 0 Å². The van der Waals surface area contributed by atoms with Gasteiger partial charge in [-0.2, -0.15) is 0 Å². The van der Waals surface area contributed by atoms with Gasteiger partial charge in [-0.05, 0) is 35.9 Å². The van der Waals surface area contributed by atoms with Gasteiger partial charge in [0, 0.05) is 17.7 Å². The summed E-state index contributed by atoms with van der Waals surface area (Å²) in [6, 6.07) is 21.0. The minimum absolute atomic E-state index is 0.260. The molecule has 0 aromatic heterocycles. The van der Waals surface area contributed by atoms with E-state index in [4.69, 9.17) is 23.2 Å². The summed E-state index contributed by atoms with van der Waals surface area (Å²) in [5.41, 5.74) is 2.06. The molecule has 0 unspecified atom stereocenters. The zero-order valence-corrected chi connectivity index (χ0v) is 15.7. The Morgan fingerprint density at radius 1 is 0.741 bits per heavy atom. The monoisotopic (exact) mass is 398 g/mol. The number of hydrogen-bond donors (Lipinski definition) is 2. The lowest BCUT2D eigenvalue weighted by molar-refractivity contribution is 0.0951. The first kappa shape index (κ1) is 19.0. The Labute approximate surface area is 167 Å². The highest BCUT2D eigenvalue weighted by atomic mass is 35.5. The maximum Gasteiger partial charge on any atom is 0.255 e. The fourth-order valence-electron chi connectivity index (χ4n) is 2.48. The first-order valence-electron chi connectivity index (χ1n) is 8.22. The zero-order valence-electron chi connectivity index (χ0n) is 14.2.